The van der Waals surface area contributed by atoms with Crippen LogP contribution in [0.3, 0.4) is 0 Å². The molecule has 18 heteroatoms. The Bertz CT molecular complexity index is 3320. The Balaban J connectivity index is 0.000000190. The number of imide groups is 2. The minimum absolute atomic E-state index is 0.0288. The highest BCUT2D eigenvalue weighted by Crippen LogP contribution is 2.45. The fourth-order valence-corrected chi connectivity index (χ4v) is 9.61. The van der Waals surface area contributed by atoms with Crippen molar-refractivity contribution in [3.05, 3.63) is 260 Å². The van der Waals surface area contributed by atoms with E-state index < -0.39 is 71.0 Å². The molecule has 78 heavy (non-hydrogen) atoms. The number of carbonyl (C=O) groups excluding carboxylic acids is 6. The van der Waals surface area contributed by atoms with Gasteiger partial charge in [0.15, 0.2) is 0 Å². The molecule has 2 heterocycles. The van der Waals surface area contributed by atoms with Crippen LogP contribution < -0.4 is 19.6 Å². The van der Waals surface area contributed by atoms with Crippen LogP contribution >= 0.6 is 31.9 Å². The number of amides is 6. The van der Waals surface area contributed by atoms with E-state index in [4.69, 9.17) is 0 Å². The molecule has 0 bridgehead atoms. The summed E-state index contributed by atoms with van der Waals surface area (Å²) >= 11 is 6.72. The zero-order valence-corrected chi connectivity index (χ0v) is 43.6. The SMILES string of the molecule is O=C(c1ccccc1)N1C(=O)[C@@H](Cc2ccc(Br)cc2)N(C(=O)c2ccccc2)c2cc(C(F)(F)F)ccc21.O=C(c1ccccc1)N1C(=O)[C@@H](Cc2ccc(Br)cc2)N(C(=O)c2ccccc2)c2cc(C(F)(F)F)ccc21. The molecule has 2 aliphatic rings. The number of hydrogen-bond acceptors (Lipinski definition) is 6. The van der Waals surface area contributed by atoms with E-state index in [1.54, 1.807) is 121 Å². The quantitative estimate of drug-likeness (QED) is 0.111. The van der Waals surface area contributed by atoms with E-state index in [1.807, 2.05) is 0 Å². The van der Waals surface area contributed by atoms with Crippen LogP contribution in [0.4, 0.5) is 49.1 Å². The lowest BCUT2D eigenvalue weighted by Crippen LogP contribution is -2.58. The van der Waals surface area contributed by atoms with Gasteiger partial charge in [-0.25, -0.2) is 9.80 Å². The molecule has 0 unspecified atom stereocenters. The van der Waals surface area contributed by atoms with Gasteiger partial charge in [-0.1, -0.05) is 129 Å². The Hall–Kier alpha value is -8.48. The van der Waals surface area contributed by atoms with Crippen molar-refractivity contribution in [3.8, 4) is 0 Å². The van der Waals surface area contributed by atoms with E-state index in [1.165, 1.54) is 48.5 Å². The Morgan fingerprint density at radius 2 is 0.654 bits per heavy atom. The van der Waals surface area contributed by atoms with Gasteiger partial charge in [0, 0.05) is 44.0 Å². The molecular weight excluding hydrogens is 1150 g/mol. The molecule has 0 fully saturated rings. The van der Waals surface area contributed by atoms with E-state index in [9.17, 15) is 55.1 Å². The van der Waals surface area contributed by atoms with Crippen molar-refractivity contribution in [1.29, 1.82) is 0 Å². The van der Waals surface area contributed by atoms with Gasteiger partial charge in [0.2, 0.25) is 0 Å². The molecular formula is C60H40Br2F6N4O6. The minimum Gasteiger partial charge on any atom is -0.293 e. The van der Waals surface area contributed by atoms with Crippen LogP contribution in [-0.4, -0.2) is 47.5 Å². The molecule has 0 aliphatic carbocycles. The normalized spacial score (nSPS) is 15.2. The molecule has 0 radical (unpaired) electrons. The average Bonchev–Trinajstić information content (AvgIpc) is 3.65. The molecule has 392 valence electrons. The average molecular weight is 1190 g/mol. The first kappa shape index (κ1) is 54.3. The van der Waals surface area contributed by atoms with E-state index in [0.29, 0.717) is 11.1 Å². The first-order valence-corrected chi connectivity index (χ1v) is 25.4. The summed E-state index contributed by atoms with van der Waals surface area (Å²) in [6.07, 6.45) is -9.49. The van der Waals surface area contributed by atoms with Crippen molar-refractivity contribution in [2.45, 2.75) is 37.3 Å². The predicted octanol–water partition coefficient (Wildman–Crippen LogP) is 13.8. The van der Waals surface area contributed by atoms with E-state index in [0.717, 1.165) is 64.9 Å². The number of carbonyl (C=O) groups is 6. The van der Waals surface area contributed by atoms with Gasteiger partial charge < -0.3 is 0 Å². The maximum absolute atomic E-state index is 14.1. The van der Waals surface area contributed by atoms with Crippen molar-refractivity contribution >= 4 is 90.1 Å². The molecule has 8 aromatic carbocycles. The second-order valence-corrected chi connectivity index (χ2v) is 19.7. The van der Waals surface area contributed by atoms with E-state index in [-0.39, 0.29) is 57.8 Å². The molecule has 2 atom stereocenters. The Kier molecular flexibility index (Phi) is 15.8. The van der Waals surface area contributed by atoms with Crippen molar-refractivity contribution in [3.63, 3.8) is 0 Å². The highest BCUT2D eigenvalue weighted by atomic mass is 79.9. The van der Waals surface area contributed by atoms with Crippen LogP contribution in [0.15, 0.2) is 215 Å². The maximum Gasteiger partial charge on any atom is 0.416 e. The number of anilines is 4. The molecule has 10 nitrogen and oxygen atoms in total. The highest BCUT2D eigenvalue weighted by molar-refractivity contribution is 9.10. The lowest BCUT2D eigenvalue weighted by Gasteiger charge is -2.41. The molecule has 0 saturated carbocycles. The number of alkyl halides is 6. The van der Waals surface area contributed by atoms with Gasteiger partial charge in [-0.15, -0.1) is 0 Å². The van der Waals surface area contributed by atoms with Gasteiger partial charge in [-0.2, -0.15) is 26.3 Å². The van der Waals surface area contributed by atoms with Crippen LogP contribution in [0.25, 0.3) is 0 Å². The van der Waals surface area contributed by atoms with Gasteiger partial charge in [0.25, 0.3) is 35.4 Å². The molecule has 10 rings (SSSR count). The van der Waals surface area contributed by atoms with Crippen molar-refractivity contribution < 1.29 is 55.1 Å². The number of benzene rings is 8. The fraction of sp³-hybridized carbons (Fsp3) is 0.100. The maximum atomic E-state index is 14.1. The second-order valence-electron chi connectivity index (χ2n) is 17.9. The third-order valence-electron chi connectivity index (χ3n) is 12.9. The van der Waals surface area contributed by atoms with Gasteiger partial charge in [-0.3, -0.25) is 38.6 Å². The summed E-state index contributed by atoms with van der Waals surface area (Å²) in [4.78, 5) is 87.0. The summed E-state index contributed by atoms with van der Waals surface area (Å²) in [7, 11) is 0. The topological polar surface area (TPSA) is 115 Å². The molecule has 0 N–H and O–H groups in total. The van der Waals surface area contributed by atoms with Gasteiger partial charge in [0.05, 0.1) is 33.9 Å². The summed E-state index contributed by atoms with van der Waals surface area (Å²) in [6.45, 7) is 0. The standard InChI is InChI=1S/2C30H20BrF3N2O3/c2*31-23-14-11-19(12-15-23)17-26-29(39)36(28(38)21-9-5-2-6-10-21)24-16-13-22(30(32,33)34)18-25(24)35(26)27(37)20-7-3-1-4-8-20/h2*1-16,18,26H,17H2/t2*26-/m11/s1. The molecule has 0 saturated heterocycles. The number of rotatable bonds is 8. The first-order valence-electron chi connectivity index (χ1n) is 23.9. The van der Waals surface area contributed by atoms with Crippen LogP contribution in [-0.2, 0) is 34.8 Å². The smallest absolute Gasteiger partial charge is 0.293 e. The third kappa shape index (κ3) is 11.5. The lowest BCUT2D eigenvalue weighted by atomic mass is 9.96. The first-order chi connectivity index (χ1) is 37.3. The van der Waals surface area contributed by atoms with E-state index >= 15 is 0 Å². The number of halogens is 8. The minimum atomic E-state index is -4.71. The van der Waals surface area contributed by atoms with E-state index in [2.05, 4.69) is 31.9 Å². The van der Waals surface area contributed by atoms with Crippen molar-refractivity contribution in [2.24, 2.45) is 0 Å². The third-order valence-corrected chi connectivity index (χ3v) is 13.9. The largest absolute Gasteiger partial charge is 0.416 e. The summed E-state index contributed by atoms with van der Waals surface area (Å²) in [6, 6.07) is 48.8. The zero-order valence-electron chi connectivity index (χ0n) is 40.5. The van der Waals surface area contributed by atoms with Crippen molar-refractivity contribution in [1.82, 2.24) is 0 Å². The summed E-state index contributed by atoms with van der Waals surface area (Å²) in [5.74, 6) is -4.15. The summed E-state index contributed by atoms with van der Waals surface area (Å²) in [5.41, 5.74) is -0.494. The van der Waals surface area contributed by atoms with Crippen LogP contribution in [0.5, 0.6) is 0 Å². The highest BCUT2D eigenvalue weighted by Gasteiger charge is 2.47. The Morgan fingerprint density at radius 1 is 0.372 bits per heavy atom. The molecule has 0 aromatic heterocycles. The number of fused-ring (bicyclic) bond motifs is 2. The van der Waals surface area contributed by atoms with Gasteiger partial charge in [0.1, 0.15) is 12.1 Å². The molecule has 0 spiro atoms. The second kappa shape index (κ2) is 22.6. The fourth-order valence-electron chi connectivity index (χ4n) is 9.08. The number of nitrogens with zero attached hydrogens (tertiary/aromatic N) is 4. The summed E-state index contributed by atoms with van der Waals surface area (Å²) < 4.78 is 84.6. The Morgan fingerprint density at radius 3 is 0.936 bits per heavy atom. The number of hydrogen-bond donors (Lipinski definition) is 0. The monoisotopic (exact) mass is 1180 g/mol. The van der Waals surface area contributed by atoms with Crippen LogP contribution in [0, 0.1) is 0 Å². The molecule has 8 aromatic rings. The lowest BCUT2D eigenvalue weighted by molar-refractivity contribution is -0.138. The van der Waals surface area contributed by atoms with Crippen molar-refractivity contribution in [2.75, 3.05) is 19.6 Å². The summed E-state index contributed by atoms with van der Waals surface area (Å²) in [5, 5.41) is 0. The van der Waals surface area contributed by atoms with Crippen LogP contribution in [0.2, 0.25) is 0 Å². The molecule has 2 aliphatic heterocycles. The Labute approximate surface area is 459 Å². The van der Waals surface area contributed by atoms with Gasteiger partial charge in [-0.05, 0) is 120 Å². The zero-order chi connectivity index (χ0) is 55.5. The van der Waals surface area contributed by atoms with Gasteiger partial charge >= 0.3 is 12.4 Å². The predicted molar refractivity (Wildman–Crippen MR) is 289 cm³/mol. The van der Waals surface area contributed by atoms with Crippen LogP contribution in [0.1, 0.15) is 63.7 Å². The molecule has 6 amide bonds.